The van der Waals surface area contributed by atoms with Gasteiger partial charge in [-0.05, 0) is 25.7 Å². The van der Waals surface area contributed by atoms with E-state index < -0.39 is 0 Å². The van der Waals surface area contributed by atoms with Crippen LogP contribution in [0.4, 0.5) is 0 Å². The minimum absolute atomic E-state index is 0.593. The van der Waals surface area contributed by atoms with Crippen LogP contribution in [0.25, 0.3) is 0 Å². The Kier molecular flexibility index (Phi) is 5.26. The normalized spacial score (nSPS) is 20.1. The van der Waals surface area contributed by atoms with Gasteiger partial charge in [0.25, 0.3) is 0 Å². The average Bonchev–Trinajstić information content (AvgIpc) is 2.58. The number of nitrogens with one attached hydrogen (secondary N) is 1. The molecule has 1 aromatic rings. The molecule has 1 N–H and O–H groups in total. The van der Waals surface area contributed by atoms with E-state index >= 15 is 0 Å². The third kappa shape index (κ3) is 4.23. The molecule has 0 aromatic carbocycles. The predicted molar refractivity (Wildman–Crippen MR) is 74.6 cm³/mol. The van der Waals surface area contributed by atoms with Crippen molar-refractivity contribution < 1.29 is 0 Å². The van der Waals surface area contributed by atoms with Crippen LogP contribution in [0.5, 0.6) is 0 Å². The van der Waals surface area contributed by atoms with Crippen LogP contribution in [0.1, 0.15) is 50.5 Å². The topological polar surface area (TPSA) is 24.9 Å². The molecule has 0 bridgehead atoms. The highest BCUT2D eigenvalue weighted by atomic mass is 35.5. The van der Waals surface area contributed by atoms with Gasteiger partial charge < -0.3 is 5.32 Å². The van der Waals surface area contributed by atoms with Gasteiger partial charge in [-0.1, -0.05) is 37.3 Å². The van der Waals surface area contributed by atoms with Crippen LogP contribution >= 0.6 is 22.9 Å². The number of thiazole rings is 1. The maximum Gasteiger partial charge on any atom is 0.113 e. The largest absolute Gasteiger partial charge is 0.308 e. The minimum atomic E-state index is 0.593. The molecule has 0 unspecified atom stereocenters. The molecule has 0 spiro atoms. The van der Waals surface area contributed by atoms with Gasteiger partial charge in [0.1, 0.15) is 9.34 Å². The van der Waals surface area contributed by atoms with Gasteiger partial charge in [0, 0.05) is 12.6 Å². The highest BCUT2D eigenvalue weighted by molar-refractivity contribution is 7.15. The van der Waals surface area contributed by atoms with Crippen LogP contribution in [0.2, 0.25) is 4.34 Å². The summed E-state index contributed by atoms with van der Waals surface area (Å²) in [5, 5.41) is 4.69. The molecule has 0 aliphatic heterocycles. The summed E-state index contributed by atoms with van der Waals surface area (Å²) < 4.78 is 0.781. The van der Waals surface area contributed by atoms with Gasteiger partial charge in [0.15, 0.2) is 0 Å². The first-order chi connectivity index (χ1) is 8.25. The second-order valence-electron chi connectivity index (χ2n) is 4.98. The van der Waals surface area contributed by atoms with Crippen molar-refractivity contribution in [3.05, 3.63) is 15.5 Å². The third-order valence-corrected chi connectivity index (χ3v) is 4.82. The molecule has 1 aliphatic rings. The summed E-state index contributed by atoms with van der Waals surface area (Å²) in [7, 11) is 0. The monoisotopic (exact) mass is 272 g/mol. The van der Waals surface area contributed by atoms with Crippen LogP contribution in [-0.4, -0.2) is 11.0 Å². The summed E-state index contributed by atoms with van der Waals surface area (Å²) >= 11 is 7.45. The van der Waals surface area contributed by atoms with Crippen LogP contribution < -0.4 is 5.32 Å². The lowest BCUT2D eigenvalue weighted by atomic mass is 9.93. The van der Waals surface area contributed by atoms with Crippen LogP contribution in [0.3, 0.4) is 0 Å². The Morgan fingerprint density at radius 1 is 1.41 bits per heavy atom. The van der Waals surface area contributed by atoms with Crippen molar-refractivity contribution in [3.63, 3.8) is 0 Å². The lowest BCUT2D eigenvalue weighted by molar-refractivity contribution is 0.336. The van der Waals surface area contributed by atoms with Crippen molar-refractivity contribution in [1.82, 2.24) is 10.3 Å². The Morgan fingerprint density at radius 3 is 2.71 bits per heavy atom. The number of nitrogens with zero attached hydrogens (tertiary/aromatic N) is 1. The summed E-state index contributed by atoms with van der Waals surface area (Å²) in [6.07, 6.45) is 10.1. The Labute approximate surface area is 113 Å². The summed E-state index contributed by atoms with van der Waals surface area (Å²) in [6.45, 7) is 3.17. The van der Waals surface area contributed by atoms with Crippen molar-refractivity contribution >= 4 is 22.9 Å². The first-order valence-corrected chi connectivity index (χ1v) is 7.79. The summed E-state index contributed by atoms with van der Waals surface area (Å²) in [5.74, 6) is 0.841. The highest BCUT2D eigenvalue weighted by Gasteiger charge is 2.18. The first-order valence-electron chi connectivity index (χ1n) is 6.59. The van der Waals surface area contributed by atoms with Gasteiger partial charge in [-0.25, -0.2) is 4.98 Å². The molecule has 2 nitrogen and oxygen atoms in total. The van der Waals surface area contributed by atoms with Crippen LogP contribution in [0, 0.1) is 5.92 Å². The van der Waals surface area contributed by atoms with Gasteiger partial charge in [0.2, 0.25) is 0 Å². The SMILES string of the molecule is C[C@@H](NCc1ncc(Cl)s1)C1CCCCCC1. The van der Waals surface area contributed by atoms with E-state index in [0.29, 0.717) is 6.04 Å². The number of hydrogen-bond donors (Lipinski definition) is 1. The van der Waals surface area contributed by atoms with E-state index in [0.717, 1.165) is 21.8 Å². The first kappa shape index (κ1) is 13.3. The average molecular weight is 273 g/mol. The van der Waals surface area contributed by atoms with Crippen molar-refractivity contribution in [2.45, 2.75) is 58.0 Å². The summed E-state index contributed by atoms with van der Waals surface area (Å²) in [5.41, 5.74) is 0. The van der Waals surface area contributed by atoms with Crippen LogP contribution in [0.15, 0.2) is 6.20 Å². The fourth-order valence-corrected chi connectivity index (χ4v) is 3.50. The molecule has 1 aromatic heterocycles. The number of rotatable bonds is 4. The fourth-order valence-electron chi connectivity index (χ4n) is 2.60. The highest BCUT2D eigenvalue weighted by Crippen LogP contribution is 2.26. The smallest absolute Gasteiger partial charge is 0.113 e. The second kappa shape index (κ2) is 6.72. The fraction of sp³-hybridized carbons (Fsp3) is 0.769. The molecule has 1 atom stereocenters. The van der Waals surface area contributed by atoms with E-state index in [2.05, 4.69) is 17.2 Å². The van der Waals surface area contributed by atoms with E-state index in [1.54, 1.807) is 17.5 Å². The number of halogens is 1. The van der Waals surface area contributed by atoms with Crippen molar-refractivity contribution in [1.29, 1.82) is 0 Å². The van der Waals surface area contributed by atoms with Crippen molar-refractivity contribution in [2.75, 3.05) is 0 Å². The lowest BCUT2D eigenvalue weighted by Crippen LogP contribution is -2.32. The zero-order valence-corrected chi connectivity index (χ0v) is 12.0. The minimum Gasteiger partial charge on any atom is -0.308 e. The number of hydrogen-bond acceptors (Lipinski definition) is 3. The van der Waals surface area contributed by atoms with E-state index in [1.807, 2.05) is 0 Å². The molecule has 1 heterocycles. The van der Waals surface area contributed by atoms with Gasteiger partial charge >= 0.3 is 0 Å². The molecule has 1 saturated carbocycles. The van der Waals surface area contributed by atoms with E-state index in [9.17, 15) is 0 Å². The second-order valence-corrected chi connectivity index (χ2v) is 6.73. The molecule has 1 aliphatic carbocycles. The van der Waals surface area contributed by atoms with E-state index in [1.165, 1.54) is 38.5 Å². The molecule has 0 radical (unpaired) electrons. The quantitative estimate of drug-likeness (QED) is 0.829. The van der Waals surface area contributed by atoms with Gasteiger partial charge in [-0.2, -0.15) is 0 Å². The molecule has 4 heteroatoms. The molecule has 0 amide bonds. The predicted octanol–water partition coefficient (Wildman–Crippen LogP) is 4.25. The molecule has 1 fully saturated rings. The van der Waals surface area contributed by atoms with Gasteiger partial charge in [-0.15, -0.1) is 11.3 Å². The molecular weight excluding hydrogens is 252 g/mol. The lowest BCUT2D eigenvalue weighted by Gasteiger charge is -2.23. The van der Waals surface area contributed by atoms with E-state index in [4.69, 9.17) is 11.6 Å². The van der Waals surface area contributed by atoms with Crippen molar-refractivity contribution in [2.24, 2.45) is 5.92 Å². The van der Waals surface area contributed by atoms with E-state index in [-0.39, 0.29) is 0 Å². The zero-order chi connectivity index (χ0) is 12.1. The molecular formula is C13H21ClN2S. The Bertz CT molecular complexity index is 332. The van der Waals surface area contributed by atoms with Gasteiger partial charge in [-0.3, -0.25) is 0 Å². The molecule has 0 saturated heterocycles. The van der Waals surface area contributed by atoms with Crippen LogP contribution in [-0.2, 0) is 6.54 Å². The summed E-state index contributed by atoms with van der Waals surface area (Å²) in [4.78, 5) is 4.28. The Hall–Kier alpha value is -0.120. The standard InChI is InChI=1S/C13H21ClN2S/c1-10(11-6-4-2-3-5-7-11)15-9-13-16-8-12(14)17-13/h8,10-11,15H,2-7,9H2,1H3/t10-/m1/s1. The molecule has 96 valence electrons. The molecule has 17 heavy (non-hydrogen) atoms. The summed E-state index contributed by atoms with van der Waals surface area (Å²) in [6, 6.07) is 0.593. The van der Waals surface area contributed by atoms with Gasteiger partial charge in [0.05, 0.1) is 6.20 Å². The third-order valence-electron chi connectivity index (χ3n) is 3.71. The van der Waals surface area contributed by atoms with Crippen molar-refractivity contribution in [3.8, 4) is 0 Å². The maximum atomic E-state index is 5.87. The Morgan fingerprint density at radius 2 is 2.12 bits per heavy atom. The Balaban J connectivity index is 1.77. The zero-order valence-electron chi connectivity index (χ0n) is 10.4. The molecule has 2 rings (SSSR count). The number of aromatic nitrogens is 1. The maximum absolute atomic E-state index is 5.87.